The smallest absolute Gasteiger partial charge is 0.176 e. The van der Waals surface area contributed by atoms with Crippen molar-refractivity contribution in [1.82, 2.24) is 4.90 Å². The third-order valence-corrected chi connectivity index (χ3v) is 5.93. The van der Waals surface area contributed by atoms with Crippen LogP contribution < -0.4 is 20.7 Å². The molecule has 2 aromatic rings. The van der Waals surface area contributed by atoms with Gasteiger partial charge in [0.2, 0.25) is 0 Å². The van der Waals surface area contributed by atoms with Crippen molar-refractivity contribution >= 4 is 46.0 Å². The summed E-state index contributed by atoms with van der Waals surface area (Å²) < 4.78 is 5.87. The lowest BCUT2D eigenvalue weighted by Crippen LogP contribution is -2.42. The van der Waals surface area contributed by atoms with E-state index < -0.39 is 0 Å². The number of nitrogens with two attached hydrogens (primary N) is 1. The summed E-state index contributed by atoms with van der Waals surface area (Å²) in [6.07, 6.45) is 5.57. The molecule has 7 heteroatoms. The minimum Gasteiger partial charge on any atom is -0.494 e. The number of anilines is 2. The van der Waals surface area contributed by atoms with Gasteiger partial charge in [-0.3, -0.25) is 0 Å². The van der Waals surface area contributed by atoms with Crippen LogP contribution in [0.1, 0.15) is 37.7 Å². The molecule has 1 aliphatic heterocycles. The van der Waals surface area contributed by atoms with Gasteiger partial charge in [0, 0.05) is 37.1 Å². The van der Waals surface area contributed by atoms with Crippen molar-refractivity contribution in [2.24, 2.45) is 5.73 Å². The maximum absolute atomic E-state index is 5.87. The van der Waals surface area contributed by atoms with Crippen LogP contribution in [0.25, 0.3) is 0 Å². The molecule has 1 fully saturated rings. The summed E-state index contributed by atoms with van der Waals surface area (Å²) in [5.74, 6) is 0.823. The van der Waals surface area contributed by atoms with Crippen LogP contribution in [-0.2, 0) is 0 Å². The summed E-state index contributed by atoms with van der Waals surface area (Å²) in [5, 5.41) is 4.14. The normalized spacial score (nSPS) is 14.3. The molecule has 31 heavy (non-hydrogen) atoms. The summed E-state index contributed by atoms with van der Waals surface area (Å²) in [5.41, 5.74) is 8.84. The van der Waals surface area contributed by atoms with Crippen LogP contribution in [-0.4, -0.2) is 41.4 Å². The Morgan fingerprint density at radius 1 is 1.06 bits per heavy atom. The Morgan fingerprint density at radius 2 is 1.84 bits per heavy atom. The molecule has 0 bridgehead atoms. The molecule has 166 valence electrons. The molecule has 5 nitrogen and oxygen atoms in total. The molecule has 0 amide bonds. The second kappa shape index (κ2) is 11.9. The zero-order valence-electron chi connectivity index (χ0n) is 18.2. The quantitative estimate of drug-likeness (QED) is 0.403. The summed E-state index contributed by atoms with van der Waals surface area (Å²) in [6.45, 7) is 5.84. The molecule has 0 atom stereocenters. The van der Waals surface area contributed by atoms with Gasteiger partial charge in [-0.15, -0.1) is 0 Å². The molecule has 0 saturated carbocycles. The van der Waals surface area contributed by atoms with Crippen LogP contribution in [0.15, 0.2) is 48.5 Å². The first-order chi connectivity index (χ1) is 15.0. The summed E-state index contributed by atoms with van der Waals surface area (Å²) in [7, 11) is 0. The zero-order valence-corrected chi connectivity index (χ0v) is 19.8. The minimum atomic E-state index is 0.254. The number of nitrogens with one attached hydrogen (secondary N) is 1. The molecule has 3 rings (SSSR count). The van der Waals surface area contributed by atoms with E-state index in [9.17, 15) is 0 Å². The van der Waals surface area contributed by atoms with E-state index in [0.29, 0.717) is 6.61 Å². The molecule has 1 heterocycles. The lowest BCUT2D eigenvalue weighted by Gasteiger charge is -2.31. The van der Waals surface area contributed by atoms with Crippen LogP contribution in [0, 0.1) is 6.92 Å². The maximum atomic E-state index is 5.87. The van der Waals surface area contributed by atoms with E-state index in [4.69, 9.17) is 34.9 Å². The largest absolute Gasteiger partial charge is 0.494 e. The van der Waals surface area contributed by atoms with Crippen LogP contribution in [0.3, 0.4) is 0 Å². The first-order valence-corrected chi connectivity index (χ1v) is 11.8. The Bertz CT molecular complexity index is 872. The molecule has 1 saturated heterocycles. The number of thiocarbonyl (C=S) groups is 2. The molecular formula is C24H32N4OS2. The highest BCUT2D eigenvalue weighted by Crippen LogP contribution is 2.21. The van der Waals surface area contributed by atoms with Gasteiger partial charge in [-0.25, -0.2) is 0 Å². The lowest BCUT2D eigenvalue weighted by molar-refractivity contribution is 0.300. The number of ether oxygens (including phenoxy) is 1. The molecule has 2 aromatic carbocycles. The van der Waals surface area contributed by atoms with Gasteiger partial charge in [-0.2, -0.15) is 0 Å². The first-order valence-electron chi connectivity index (χ1n) is 11.0. The second-order valence-electron chi connectivity index (χ2n) is 7.89. The number of aryl methyl sites for hydroxylation is 1. The Kier molecular flexibility index (Phi) is 8.91. The Labute approximate surface area is 196 Å². The average Bonchev–Trinajstić information content (AvgIpc) is 2.92. The van der Waals surface area contributed by atoms with Gasteiger partial charge in [0.25, 0.3) is 0 Å². The van der Waals surface area contributed by atoms with Crippen LogP contribution >= 0.6 is 24.4 Å². The highest BCUT2D eigenvalue weighted by molar-refractivity contribution is 7.80. The van der Waals surface area contributed by atoms with Gasteiger partial charge < -0.3 is 25.6 Å². The van der Waals surface area contributed by atoms with E-state index in [1.807, 2.05) is 24.3 Å². The topological polar surface area (TPSA) is 53.8 Å². The van der Waals surface area contributed by atoms with E-state index in [1.54, 1.807) is 0 Å². The van der Waals surface area contributed by atoms with Gasteiger partial charge in [0.15, 0.2) is 10.2 Å². The number of hydrogen-bond acceptors (Lipinski definition) is 3. The van der Waals surface area contributed by atoms with Gasteiger partial charge in [-0.1, -0.05) is 23.8 Å². The van der Waals surface area contributed by atoms with Crippen molar-refractivity contribution < 1.29 is 4.74 Å². The molecule has 1 aliphatic rings. The van der Waals surface area contributed by atoms with Crippen LogP contribution in [0.2, 0.25) is 0 Å². The average molecular weight is 457 g/mol. The monoisotopic (exact) mass is 456 g/mol. The fourth-order valence-corrected chi connectivity index (χ4v) is 4.18. The lowest BCUT2D eigenvalue weighted by atomic mass is 10.2. The predicted molar refractivity (Wildman–Crippen MR) is 138 cm³/mol. The minimum absolute atomic E-state index is 0.254. The molecule has 0 aromatic heterocycles. The molecule has 3 N–H and O–H groups in total. The zero-order chi connectivity index (χ0) is 22.1. The molecule has 0 radical (unpaired) electrons. The third kappa shape index (κ3) is 7.36. The molecule has 0 spiro atoms. The van der Waals surface area contributed by atoms with Crippen molar-refractivity contribution in [2.75, 3.05) is 36.5 Å². The van der Waals surface area contributed by atoms with Gasteiger partial charge in [0.1, 0.15) is 5.75 Å². The number of benzene rings is 2. The van der Waals surface area contributed by atoms with E-state index in [2.05, 4.69) is 46.3 Å². The maximum Gasteiger partial charge on any atom is 0.176 e. The third-order valence-electron chi connectivity index (χ3n) is 5.35. The Balaban J connectivity index is 1.41. The highest BCUT2D eigenvalue weighted by atomic mass is 32.1. The number of rotatable bonds is 9. The van der Waals surface area contributed by atoms with Crippen molar-refractivity contribution in [2.45, 2.75) is 39.0 Å². The van der Waals surface area contributed by atoms with Gasteiger partial charge in [-0.05, 0) is 87.7 Å². The second-order valence-corrected chi connectivity index (χ2v) is 8.70. The van der Waals surface area contributed by atoms with E-state index in [-0.39, 0.29) is 5.11 Å². The molecule has 0 aliphatic carbocycles. The first kappa shape index (κ1) is 23.3. The standard InChI is InChI=1S/C24H32N4OS2/c1-19-10-12-21(13-11-19)28-16-5-4-15-27(24(28)31)14-3-2-6-17-29-22-9-7-8-20(18-22)26-23(25)30/h7-13,18H,2-6,14-17H2,1H3,(H3,25,26,30). The Hall–Kier alpha value is -2.38. The SMILES string of the molecule is Cc1ccc(N2CCCCN(CCCCCOc3cccc(NC(N)=S)c3)C2=S)cc1. The molecule has 0 unspecified atom stereocenters. The van der Waals surface area contributed by atoms with Crippen molar-refractivity contribution in [3.05, 3.63) is 54.1 Å². The van der Waals surface area contributed by atoms with Gasteiger partial charge >= 0.3 is 0 Å². The summed E-state index contributed by atoms with van der Waals surface area (Å²) in [4.78, 5) is 4.66. The predicted octanol–water partition coefficient (Wildman–Crippen LogP) is 5.09. The highest BCUT2D eigenvalue weighted by Gasteiger charge is 2.21. The number of nitrogens with zero attached hydrogens (tertiary/aromatic N) is 2. The number of unbranched alkanes of at least 4 members (excludes halogenated alkanes) is 2. The van der Waals surface area contributed by atoms with Crippen molar-refractivity contribution in [3.8, 4) is 5.75 Å². The summed E-state index contributed by atoms with van der Waals surface area (Å²) in [6, 6.07) is 16.4. The van der Waals surface area contributed by atoms with Gasteiger partial charge in [0.05, 0.1) is 6.61 Å². The molecular weight excluding hydrogens is 424 g/mol. The Morgan fingerprint density at radius 3 is 2.61 bits per heavy atom. The fourth-order valence-electron chi connectivity index (χ4n) is 3.68. The van der Waals surface area contributed by atoms with E-state index in [1.165, 1.54) is 24.1 Å². The van der Waals surface area contributed by atoms with Crippen LogP contribution in [0.4, 0.5) is 11.4 Å². The van der Waals surface area contributed by atoms with Crippen LogP contribution in [0.5, 0.6) is 5.75 Å². The number of hydrogen-bond donors (Lipinski definition) is 2. The van der Waals surface area contributed by atoms with E-state index >= 15 is 0 Å². The fraction of sp³-hybridized carbons (Fsp3) is 0.417. The van der Waals surface area contributed by atoms with Crippen molar-refractivity contribution in [1.29, 1.82) is 0 Å². The van der Waals surface area contributed by atoms with Crippen molar-refractivity contribution in [3.63, 3.8) is 0 Å². The van der Waals surface area contributed by atoms with E-state index in [0.717, 1.165) is 55.4 Å². The summed E-state index contributed by atoms with van der Waals surface area (Å²) >= 11 is 10.7.